The van der Waals surface area contributed by atoms with Crippen molar-refractivity contribution in [1.82, 2.24) is 14.8 Å². The van der Waals surface area contributed by atoms with Gasteiger partial charge < -0.3 is 14.4 Å². The van der Waals surface area contributed by atoms with Gasteiger partial charge in [0.25, 0.3) is 5.91 Å². The fourth-order valence-corrected chi connectivity index (χ4v) is 5.49. The minimum atomic E-state index is 0.0906. The molecule has 0 unspecified atom stereocenters. The molecule has 1 N–H and O–H groups in total. The van der Waals surface area contributed by atoms with Crippen molar-refractivity contribution in [2.45, 2.75) is 37.8 Å². The molecule has 6 nitrogen and oxygen atoms in total. The summed E-state index contributed by atoms with van der Waals surface area (Å²) in [6.07, 6.45) is 2.91. The molecule has 0 spiro atoms. The highest BCUT2D eigenvalue weighted by Gasteiger charge is 2.21. The second-order valence-electron chi connectivity index (χ2n) is 9.81. The van der Waals surface area contributed by atoms with Gasteiger partial charge in [0.15, 0.2) is 0 Å². The lowest BCUT2D eigenvalue weighted by atomic mass is 10.2. The van der Waals surface area contributed by atoms with Crippen molar-refractivity contribution in [1.29, 1.82) is 0 Å². The number of benzene rings is 3. The third-order valence-electron chi connectivity index (χ3n) is 6.61. The Hall–Kier alpha value is -3.55. The average Bonchev–Trinajstić information content (AvgIpc) is 3.18. The maximum Gasteiger partial charge on any atom is 0.253 e. The van der Waals surface area contributed by atoms with E-state index in [9.17, 15) is 4.79 Å². The van der Waals surface area contributed by atoms with Gasteiger partial charge in [0, 0.05) is 61.1 Å². The summed E-state index contributed by atoms with van der Waals surface area (Å²) in [5, 5.41) is 1.12. The van der Waals surface area contributed by atoms with Crippen molar-refractivity contribution < 1.29 is 9.53 Å². The Morgan fingerprint density at radius 1 is 0.947 bits per heavy atom. The molecule has 1 aliphatic heterocycles. The van der Waals surface area contributed by atoms with Crippen LogP contribution in [0.1, 0.15) is 36.2 Å². The number of carbonyl (C=O) groups is 1. The van der Waals surface area contributed by atoms with E-state index in [4.69, 9.17) is 4.74 Å². The molecule has 4 aromatic rings. The molecule has 0 aliphatic carbocycles. The summed E-state index contributed by atoms with van der Waals surface area (Å²) in [7, 11) is 0. The highest BCUT2D eigenvalue weighted by Crippen LogP contribution is 2.28. The van der Waals surface area contributed by atoms with Crippen molar-refractivity contribution in [3.05, 3.63) is 96.2 Å². The number of nitrogens with one attached hydrogen (secondary N) is 1. The van der Waals surface area contributed by atoms with Gasteiger partial charge in [-0.2, -0.15) is 0 Å². The van der Waals surface area contributed by atoms with E-state index < -0.39 is 0 Å². The number of hydrogen-bond acceptors (Lipinski definition) is 6. The molecule has 1 fully saturated rings. The lowest BCUT2D eigenvalue weighted by Gasteiger charge is -2.23. The van der Waals surface area contributed by atoms with Crippen LogP contribution in [0.5, 0.6) is 5.75 Å². The van der Waals surface area contributed by atoms with Crippen molar-refractivity contribution in [3.8, 4) is 5.75 Å². The van der Waals surface area contributed by atoms with E-state index in [-0.39, 0.29) is 12.0 Å². The summed E-state index contributed by atoms with van der Waals surface area (Å²) in [5.74, 6) is 1.04. The molecular formula is C31H34N4O2S. The first-order valence-electron chi connectivity index (χ1n) is 13.2. The minimum Gasteiger partial charge on any atom is -0.491 e. The SMILES string of the molecule is CC(C)Oc1ccccc1CN1CCCN(C(=O)c2ccc(NSc3cccc4cccnc34)cc2)CC1. The Labute approximate surface area is 229 Å². The summed E-state index contributed by atoms with van der Waals surface area (Å²) in [4.78, 5) is 23.3. The zero-order valence-electron chi connectivity index (χ0n) is 22.0. The van der Waals surface area contributed by atoms with Crippen molar-refractivity contribution >= 4 is 34.4 Å². The van der Waals surface area contributed by atoms with Crippen LogP contribution in [0, 0.1) is 0 Å². The Bertz CT molecular complexity index is 1370. The standard InChI is InChI=1S/C31H34N4O2S/c1-23(2)37-28-11-4-3-8-26(28)22-34-18-7-19-35(21-20-34)31(36)25-13-15-27(16-14-25)33-38-29-12-5-9-24-10-6-17-32-30(24)29/h3-6,8-17,23,33H,7,18-22H2,1-2H3. The normalized spacial score (nSPS) is 14.4. The zero-order chi connectivity index (χ0) is 26.3. The first-order chi connectivity index (χ1) is 18.6. The number of pyridine rings is 1. The third kappa shape index (κ3) is 6.47. The molecular weight excluding hydrogens is 492 g/mol. The molecule has 7 heteroatoms. The summed E-state index contributed by atoms with van der Waals surface area (Å²) in [6, 6.07) is 26.2. The van der Waals surface area contributed by atoms with Crippen LogP contribution in [-0.2, 0) is 6.54 Å². The van der Waals surface area contributed by atoms with Crippen LogP contribution >= 0.6 is 11.9 Å². The largest absolute Gasteiger partial charge is 0.491 e. The number of fused-ring (bicyclic) bond motifs is 1. The monoisotopic (exact) mass is 526 g/mol. The average molecular weight is 527 g/mol. The highest BCUT2D eigenvalue weighted by atomic mass is 32.2. The number of ether oxygens (including phenoxy) is 1. The van der Waals surface area contributed by atoms with Crippen molar-refractivity contribution in [2.75, 3.05) is 30.9 Å². The Morgan fingerprint density at radius 2 is 1.76 bits per heavy atom. The number of anilines is 1. The van der Waals surface area contributed by atoms with Crippen LogP contribution < -0.4 is 9.46 Å². The molecule has 3 aromatic carbocycles. The molecule has 0 saturated carbocycles. The van der Waals surface area contributed by atoms with Gasteiger partial charge in [-0.1, -0.05) is 36.4 Å². The molecule has 38 heavy (non-hydrogen) atoms. The highest BCUT2D eigenvalue weighted by molar-refractivity contribution is 8.00. The van der Waals surface area contributed by atoms with Crippen LogP contribution in [0.4, 0.5) is 5.69 Å². The Balaban J connectivity index is 1.17. The molecule has 2 heterocycles. The number of hydrogen-bond donors (Lipinski definition) is 1. The number of carbonyl (C=O) groups excluding carboxylic acids is 1. The molecule has 1 aromatic heterocycles. The molecule has 1 aliphatic rings. The Morgan fingerprint density at radius 3 is 2.61 bits per heavy atom. The smallest absolute Gasteiger partial charge is 0.253 e. The first-order valence-corrected chi connectivity index (χ1v) is 14.0. The van der Waals surface area contributed by atoms with Crippen molar-refractivity contribution in [2.24, 2.45) is 0 Å². The van der Waals surface area contributed by atoms with E-state index in [2.05, 4.69) is 58.8 Å². The Kier molecular flexibility index (Phi) is 8.46. The van der Waals surface area contributed by atoms with E-state index in [1.165, 1.54) is 17.5 Å². The van der Waals surface area contributed by atoms with Crippen LogP contribution in [0.15, 0.2) is 90.0 Å². The second-order valence-corrected chi connectivity index (χ2v) is 10.7. The van der Waals surface area contributed by atoms with Gasteiger partial charge >= 0.3 is 0 Å². The van der Waals surface area contributed by atoms with Gasteiger partial charge in [-0.3, -0.25) is 14.7 Å². The number of amides is 1. The number of para-hydroxylation sites is 2. The summed E-state index contributed by atoms with van der Waals surface area (Å²) >= 11 is 1.53. The predicted octanol–water partition coefficient (Wildman–Crippen LogP) is 6.49. The molecule has 196 valence electrons. The molecule has 1 saturated heterocycles. The lowest BCUT2D eigenvalue weighted by Crippen LogP contribution is -2.35. The summed E-state index contributed by atoms with van der Waals surface area (Å²) in [6.45, 7) is 8.22. The maximum absolute atomic E-state index is 13.3. The molecule has 0 radical (unpaired) electrons. The van der Waals surface area contributed by atoms with Gasteiger partial charge in [-0.15, -0.1) is 0 Å². The lowest BCUT2D eigenvalue weighted by molar-refractivity contribution is 0.0761. The van der Waals surface area contributed by atoms with E-state index in [1.54, 1.807) is 0 Å². The molecule has 0 atom stereocenters. The molecule has 5 rings (SSSR count). The summed E-state index contributed by atoms with van der Waals surface area (Å²) in [5.41, 5.74) is 3.84. The van der Waals surface area contributed by atoms with Crippen LogP contribution in [0.25, 0.3) is 10.9 Å². The van der Waals surface area contributed by atoms with Crippen molar-refractivity contribution in [3.63, 3.8) is 0 Å². The van der Waals surface area contributed by atoms with E-state index >= 15 is 0 Å². The molecule has 0 bridgehead atoms. The summed E-state index contributed by atoms with van der Waals surface area (Å²) < 4.78 is 9.39. The van der Waals surface area contributed by atoms with Gasteiger partial charge in [0.05, 0.1) is 16.5 Å². The number of rotatable bonds is 8. The van der Waals surface area contributed by atoms with Crippen LogP contribution in [0.2, 0.25) is 0 Å². The number of aromatic nitrogens is 1. The van der Waals surface area contributed by atoms with E-state index in [0.717, 1.165) is 71.9 Å². The molecule has 1 amide bonds. The third-order valence-corrected chi connectivity index (χ3v) is 7.50. The fraction of sp³-hybridized carbons (Fsp3) is 0.290. The van der Waals surface area contributed by atoms with E-state index in [1.807, 2.05) is 59.6 Å². The second kappa shape index (κ2) is 12.3. The van der Waals surface area contributed by atoms with Gasteiger partial charge in [-0.25, -0.2) is 0 Å². The van der Waals surface area contributed by atoms with Gasteiger partial charge in [0.2, 0.25) is 0 Å². The topological polar surface area (TPSA) is 57.7 Å². The van der Waals surface area contributed by atoms with Crippen LogP contribution in [-0.4, -0.2) is 53.0 Å². The van der Waals surface area contributed by atoms with Gasteiger partial charge in [0.1, 0.15) is 5.75 Å². The fourth-order valence-electron chi connectivity index (χ4n) is 4.71. The van der Waals surface area contributed by atoms with Crippen LogP contribution in [0.3, 0.4) is 0 Å². The van der Waals surface area contributed by atoms with Gasteiger partial charge in [-0.05, 0) is 74.7 Å². The maximum atomic E-state index is 13.3. The zero-order valence-corrected chi connectivity index (χ0v) is 22.8. The quantitative estimate of drug-likeness (QED) is 0.265. The number of nitrogens with zero attached hydrogens (tertiary/aromatic N) is 3. The predicted molar refractivity (Wildman–Crippen MR) is 156 cm³/mol. The van der Waals surface area contributed by atoms with E-state index in [0.29, 0.717) is 0 Å². The minimum absolute atomic E-state index is 0.0906. The first kappa shape index (κ1) is 26.1.